The highest BCUT2D eigenvalue weighted by Gasteiger charge is 2.33. The summed E-state index contributed by atoms with van der Waals surface area (Å²) in [6.45, 7) is 12.6. The summed E-state index contributed by atoms with van der Waals surface area (Å²) in [7, 11) is 0. The Labute approximate surface area is 105 Å². The highest BCUT2D eigenvalue weighted by molar-refractivity contribution is 5.80. The van der Waals surface area contributed by atoms with Crippen LogP contribution in [0.2, 0.25) is 0 Å². The molecular formula is C13H27N3O. The van der Waals surface area contributed by atoms with Crippen LogP contribution in [0.15, 0.2) is 0 Å². The Morgan fingerprint density at radius 1 is 1.53 bits per heavy atom. The second-order valence-electron chi connectivity index (χ2n) is 6.12. The molecule has 100 valence electrons. The molecule has 0 aromatic heterocycles. The number of amides is 1. The Morgan fingerprint density at radius 2 is 2.18 bits per heavy atom. The summed E-state index contributed by atoms with van der Waals surface area (Å²) in [5.74, 6) is 0.476. The lowest BCUT2D eigenvalue weighted by Crippen LogP contribution is -2.48. The second-order valence-corrected chi connectivity index (χ2v) is 6.12. The molecule has 0 aromatic carbocycles. The van der Waals surface area contributed by atoms with Crippen molar-refractivity contribution in [3.8, 4) is 0 Å². The maximum absolute atomic E-state index is 11.3. The molecule has 0 aliphatic carbocycles. The van der Waals surface area contributed by atoms with Crippen molar-refractivity contribution in [1.82, 2.24) is 10.2 Å². The zero-order valence-corrected chi connectivity index (χ0v) is 11.6. The maximum Gasteiger partial charge on any atom is 0.235 e. The van der Waals surface area contributed by atoms with E-state index in [4.69, 9.17) is 5.73 Å². The van der Waals surface area contributed by atoms with Crippen LogP contribution < -0.4 is 11.1 Å². The summed E-state index contributed by atoms with van der Waals surface area (Å²) in [5, 5.41) is 3.15. The number of likely N-dealkylation sites (N-methyl/N-ethyl adjacent to an activating group) is 1. The zero-order valence-electron chi connectivity index (χ0n) is 11.6. The average Bonchev–Trinajstić information content (AvgIpc) is 2.64. The lowest BCUT2D eigenvalue weighted by molar-refractivity contribution is -0.120. The van der Waals surface area contributed by atoms with Gasteiger partial charge >= 0.3 is 0 Å². The van der Waals surface area contributed by atoms with Crippen molar-refractivity contribution < 1.29 is 4.79 Å². The first-order valence-electron chi connectivity index (χ1n) is 6.59. The van der Waals surface area contributed by atoms with E-state index in [1.165, 1.54) is 6.42 Å². The molecule has 17 heavy (non-hydrogen) atoms. The fourth-order valence-electron chi connectivity index (χ4n) is 2.47. The summed E-state index contributed by atoms with van der Waals surface area (Å²) in [4.78, 5) is 13.6. The zero-order chi connectivity index (χ0) is 13.1. The number of hydrogen-bond acceptors (Lipinski definition) is 3. The van der Waals surface area contributed by atoms with E-state index >= 15 is 0 Å². The number of nitrogens with two attached hydrogens (primary N) is 1. The van der Waals surface area contributed by atoms with Crippen molar-refractivity contribution in [2.45, 2.75) is 40.2 Å². The predicted molar refractivity (Wildman–Crippen MR) is 70.7 cm³/mol. The van der Waals surface area contributed by atoms with Crippen molar-refractivity contribution >= 4 is 5.91 Å². The number of nitrogens with one attached hydrogen (secondary N) is 1. The van der Waals surface area contributed by atoms with E-state index < -0.39 is 0 Å². The fraction of sp³-hybridized carbons (Fsp3) is 0.923. The van der Waals surface area contributed by atoms with Gasteiger partial charge in [-0.3, -0.25) is 4.79 Å². The van der Waals surface area contributed by atoms with Gasteiger partial charge in [-0.1, -0.05) is 27.7 Å². The first-order valence-corrected chi connectivity index (χ1v) is 6.59. The quantitative estimate of drug-likeness (QED) is 0.749. The highest BCUT2D eigenvalue weighted by Crippen LogP contribution is 2.33. The topological polar surface area (TPSA) is 58.4 Å². The summed E-state index contributed by atoms with van der Waals surface area (Å²) >= 11 is 0. The molecule has 1 aliphatic rings. The van der Waals surface area contributed by atoms with Gasteiger partial charge in [0.25, 0.3) is 0 Å². The van der Waals surface area contributed by atoms with E-state index in [1.54, 1.807) is 0 Å². The molecule has 1 heterocycles. The molecule has 1 aliphatic heterocycles. The van der Waals surface area contributed by atoms with Gasteiger partial charge in [0.2, 0.25) is 5.91 Å². The van der Waals surface area contributed by atoms with Crippen LogP contribution in [0.3, 0.4) is 0 Å². The van der Waals surface area contributed by atoms with Gasteiger partial charge in [0.15, 0.2) is 0 Å². The van der Waals surface area contributed by atoms with E-state index in [1.807, 2.05) is 6.92 Å². The molecule has 1 rings (SSSR count). The molecule has 0 aromatic rings. The second kappa shape index (κ2) is 5.83. The standard InChI is InChI=1S/C13H27N3O/c1-5-15-11(12(14)17)9-16-7-6-10(8-16)13(2,3)4/h10-11,15H,5-9H2,1-4H3,(H2,14,17). The number of rotatable bonds is 5. The average molecular weight is 241 g/mol. The van der Waals surface area contributed by atoms with Crippen LogP contribution in [0.1, 0.15) is 34.1 Å². The molecule has 4 nitrogen and oxygen atoms in total. The van der Waals surface area contributed by atoms with E-state index in [9.17, 15) is 4.79 Å². The van der Waals surface area contributed by atoms with E-state index in [0.717, 1.165) is 32.1 Å². The molecule has 2 atom stereocenters. The number of likely N-dealkylation sites (tertiary alicyclic amines) is 1. The normalized spacial score (nSPS) is 23.9. The third kappa shape index (κ3) is 4.28. The van der Waals surface area contributed by atoms with Crippen LogP contribution >= 0.6 is 0 Å². The van der Waals surface area contributed by atoms with Gasteiger partial charge < -0.3 is 16.0 Å². The summed E-state index contributed by atoms with van der Waals surface area (Å²) in [5.41, 5.74) is 5.75. The predicted octanol–water partition coefficient (Wildman–Crippen LogP) is 0.818. The van der Waals surface area contributed by atoms with Crippen molar-refractivity contribution in [2.24, 2.45) is 17.1 Å². The molecule has 0 spiro atoms. The summed E-state index contributed by atoms with van der Waals surface area (Å²) in [6, 6.07) is -0.210. The van der Waals surface area contributed by atoms with Crippen LogP contribution in [0.4, 0.5) is 0 Å². The minimum atomic E-state index is -0.244. The number of carbonyl (C=O) groups is 1. The molecule has 2 unspecified atom stereocenters. The Kier molecular flexibility index (Phi) is 4.95. The minimum absolute atomic E-state index is 0.210. The molecule has 0 saturated carbocycles. The minimum Gasteiger partial charge on any atom is -0.368 e. The maximum atomic E-state index is 11.3. The third-order valence-corrected chi connectivity index (χ3v) is 3.73. The Balaban J connectivity index is 2.46. The Bertz CT molecular complexity index is 260. The smallest absolute Gasteiger partial charge is 0.235 e. The van der Waals surface area contributed by atoms with Gasteiger partial charge in [-0.2, -0.15) is 0 Å². The number of hydrogen-bond donors (Lipinski definition) is 2. The van der Waals surface area contributed by atoms with Crippen LogP contribution in [-0.2, 0) is 4.79 Å². The van der Waals surface area contributed by atoms with Gasteiger partial charge in [0, 0.05) is 13.1 Å². The molecule has 1 saturated heterocycles. The van der Waals surface area contributed by atoms with Gasteiger partial charge in [-0.15, -0.1) is 0 Å². The van der Waals surface area contributed by atoms with Crippen LogP contribution in [0.25, 0.3) is 0 Å². The third-order valence-electron chi connectivity index (χ3n) is 3.73. The number of carbonyl (C=O) groups excluding carboxylic acids is 1. The fourth-order valence-corrected chi connectivity index (χ4v) is 2.47. The highest BCUT2D eigenvalue weighted by atomic mass is 16.1. The molecule has 0 bridgehead atoms. The van der Waals surface area contributed by atoms with Crippen molar-refractivity contribution in [3.05, 3.63) is 0 Å². The van der Waals surface area contributed by atoms with Crippen molar-refractivity contribution in [1.29, 1.82) is 0 Å². The monoisotopic (exact) mass is 241 g/mol. The van der Waals surface area contributed by atoms with Crippen LogP contribution in [0, 0.1) is 11.3 Å². The summed E-state index contributed by atoms with van der Waals surface area (Å²) in [6.07, 6.45) is 1.22. The lowest BCUT2D eigenvalue weighted by atomic mass is 9.80. The Hall–Kier alpha value is -0.610. The van der Waals surface area contributed by atoms with Crippen LogP contribution in [0.5, 0.6) is 0 Å². The summed E-state index contributed by atoms with van der Waals surface area (Å²) < 4.78 is 0. The van der Waals surface area contributed by atoms with Gasteiger partial charge in [-0.05, 0) is 30.8 Å². The molecule has 3 N–H and O–H groups in total. The Morgan fingerprint density at radius 3 is 2.59 bits per heavy atom. The van der Waals surface area contributed by atoms with Crippen molar-refractivity contribution in [3.63, 3.8) is 0 Å². The van der Waals surface area contributed by atoms with Crippen molar-refractivity contribution in [2.75, 3.05) is 26.2 Å². The lowest BCUT2D eigenvalue weighted by Gasteiger charge is -2.28. The van der Waals surface area contributed by atoms with E-state index in [0.29, 0.717) is 5.41 Å². The largest absolute Gasteiger partial charge is 0.368 e. The first-order chi connectivity index (χ1) is 7.84. The molecule has 1 fully saturated rings. The molecule has 4 heteroatoms. The first kappa shape index (κ1) is 14.5. The van der Waals surface area contributed by atoms with E-state index in [-0.39, 0.29) is 11.9 Å². The van der Waals surface area contributed by atoms with Crippen LogP contribution in [-0.4, -0.2) is 43.0 Å². The van der Waals surface area contributed by atoms with Gasteiger partial charge in [0.05, 0.1) is 6.04 Å². The number of nitrogens with zero attached hydrogens (tertiary/aromatic N) is 1. The van der Waals surface area contributed by atoms with Gasteiger partial charge in [-0.25, -0.2) is 0 Å². The van der Waals surface area contributed by atoms with E-state index in [2.05, 4.69) is 31.0 Å². The SMILES string of the molecule is CCNC(CN1CCC(C(C)(C)C)C1)C(N)=O. The number of primary amides is 1. The molecular weight excluding hydrogens is 214 g/mol. The van der Waals surface area contributed by atoms with Gasteiger partial charge in [0.1, 0.15) is 0 Å². The molecule has 0 radical (unpaired) electrons. The molecule has 1 amide bonds.